The molecular formula is C22H20. The average Bonchev–Trinajstić information content (AvgIpc) is 2.60. The van der Waals surface area contributed by atoms with Gasteiger partial charge in [-0.1, -0.05) is 60.7 Å². The Labute approximate surface area is 131 Å². The Morgan fingerprint density at radius 3 is 2.41 bits per heavy atom. The van der Waals surface area contributed by atoms with Gasteiger partial charge in [0.15, 0.2) is 0 Å². The summed E-state index contributed by atoms with van der Waals surface area (Å²) in [7, 11) is 0. The minimum atomic E-state index is -0.0621. The molecule has 0 aromatic heterocycles. The third-order valence-electron chi connectivity index (χ3n) is 5.28. The van der Waals surface area contributed by atoms with E-state index in [1.165, 1.54) is 39.1 Å². The lowest BCUT2D eigenvalue weighted by molar-refractivity contribution is 0.533. The van der Waals surface area contributed by atoms with Crippen LogP contribution in [0.4, 0.5) is 0 Å². The SMILES string of the molecule is C=CC1(C=C)CCCc2c1ccc1c2ccc2ccccc21. The van der Waals surface area contributed by atoms with Crippen LogP contribution < -0.4 is 0 Å². The zero-order valence-electron chi connectivity index (χ0n) is 12.8. The summed E-state index contributed by atoms with van der Waals surface area (Å²) in [6.45, 7) is 8.17. The van der Waals surface area contributed by atoms with Crippen molar-refractivity contribution in [1.82, 2.24) is 0 Å². The van der Waals surface area contributed by atoms with E-state index in [9.17, 15) is 0 Å². The molecule has 0 fully saturated rings. The van der Waals surface area contributed by atoms with Crippen molar-refractivity contribution in [2.45, 2.75) is 24.7 Å². The fourth-order valence-corrected chi connectivity index (χ4v) is 4.06. The van der Waals surface area contributed by atoms with Crippen LogP contribution in [-0.2, 0) is 11.8 Å². The van der Waals surface area contributed by atoms with Crippen molar-refractivity contribution in [3.8, 4) is 0 Å². The smallest absolute Gasteiger partial charge is 0.0309 e. The number of benzene rings is 3. The van der Waals surface area contributed by atoms with Crippen LogP contribution in [0.3, 0.4) is 0 Å². The van der Waals surface area contributed by atoms with Crippen LogP contribution in [-0.4, -0.2) is 0 Å². The summed E-state index contributed by atoms with van der Waals surface area (Å²) >= 11 is 0. The second-order valence-corrected chi connectivity index (χ2v) is 6.28. The van der Waals surface area contributed by atoms with Gasteiger partial charge < -0.3 is 0 Å². The molecule has 0 radical (unpaired) electrons. The largest absolute Gasteiger partial charge is 0.102 e. The first-order valence-corrected chi connectivity index (χ1v) is 8.00. The fourth-order valence-electron chi connectivity index (χ4n) is 4.06. The van der Waals surface area contributed by atoms with Crippen LogP contribution in [0.15, 0.2) is 73.8 Å². The number of hydrogen-bond donors (Lipinski definition) is 0. The number of hydrogen-bond acceptors (Lipinski definition) is 0. The summed E-state index contributed by atoms with van der Waals surface area (Å²) in [5.74, 6) is 0. The predicted molar refractivity (Wildman–Crippen MR) is 96.5 cm³/mol. The van der Waals surface area contributed by atoms with E-state index in [4.69, 9.17) is 0 Å². The molecule has 22 heavy (non-hydrogen) atoms. The Balaban J connectivity index is 2.11. The maximum absolute atomic E-state index is 4.08. The normalized spacial score (nSPS) is 16.4. The monoisotopic (exact) mass is 284 g/mol. The Morgan fingerprint density at radius 1 is 0.818 bits per heavy atom. The number of rotatable bonds is 2. The van der Waals surface area contributed by atoms with Crippen molar-refractivity contribution in [3.63, 3.8) is 0 Å². The Kier molecular flexibility index (Phi) is 2.94. The van der Waals surface area contributed by atoms with Gasteiger partial charge in [0.25, 0.3) is 0 Å². The minimum absolute atomic E-state index is 0.0621. The topological polar surface area (TPSA) is 0 Å². The van der Waals surface area contributed by atoms with Gasteiger partial charge >= 0.3 is 0 Å². The molecule has 0 atom stereocenters. The van der Waals surface area contributed by atoms with E-state index < -0.39 is 0 Å². The van der Waals surface area contributed by atoms with Crippen molar-refractivity contribution < 1.29 is 0 Å². The summed E-state index contributed by atoms with van der Waals surface area (Å²) in [4.78, 5) is 0. The number of allylic oxidation sites excluding steroid dienone is 2. The van der Waals surface area contributed by atoms with Crippen molar-refractivity contribution in [2.75, 3.05) is 0 Å². The lowest BCUT2D eigenvalue weighted by Gasteiger charge is -2.35. The van der Waals surface area contributed by atoms with Gasteiger partial charge in [-0.25, -0.2) is 0 Å². The highest BCUT2D eigenvalue weighted by atomic mass is 14.3. The first kappa shape index (κ1) is 13.3. The van der Waals surface area contributed by atoms with Gasteiger partial charge in [-0.15, -0.1) is 13.2 Å². The highest BCUT2D eigenvalue weighted by Gasteiger charge is 2.31. The first-order valence-electron chi connectivity index (χ1n) is 8.00. The second-order valence-electron chi connectivity index (χ2n) is 6.28. The molecule has 0 amide bonds. The van der Waals surface area contributed by atoms with E-state index in [0.29, 0.717) is 0 Å². The third-order valence-corrected chi connectivity index (χ3v) is 5.28. The van der Waals surface area contributed by atoms with Crippen LogP contribution in [0.25, 0.3) is 21.5 Å². The van der Waals surface area contributed by atoms with Crippen LogP contribution in [0.5, 0.6) is 0 Å². The van der Waals surface area contributed by atoms with E-state index in [1.54, 1.807) is 0 Å². The quantitative estimate of drug-likeness (QED) is 0.403. The predicted octanol–water partition coefficient (Wildman–Crippen LogP) is 5.94. The molecule has 0 heteroatoms. The van der Waals surface area contributed by atoms with Gasteiger partial charge in [-0.2, -0.15) is 0 Å². The van der Waals surface area contributed by atoms with Gasteiger partial charge in [-0.05, 0) is 51.9 Å². The molecule has 0 nitrogen and oxygen atoms in total. The summed E-state index contributed by atoms with van der Waals surface area (Å²) in [6, 6.07) is 17.8. The highest BCUT2D eigenvalue weighted by Crippen LogP contribution is 2.43. The average molecular weight is 284 g/mol. The molecule has 0 heterocycles. The Morgan fingerprint density at radius 2 is 1.59 bits per heavy atom. The van der Waals surface area contributed by atoms with Crippen LogP contribution >= 0.6 is 0 Å². The maximum atomic E-state index is 4.08. The molecule has 0 spiro atoms. The van der Waals surface area contributed by atoms with Crippen LogP contribution in [0.1, 0.15) is 24.0 Å². The van der Waals surface area contributed by atoms with E-state index in [-0.39, 0.29) is 5.41 Å². The molecule has 0 bridgehead atoms. The molecule has 0 aliphatic heterocycles. The molecule has 0 N–H and O–H groups in total. The summed E-state index contributed by atoms with van der Waals surface area (Å²) < 4.78 is 0. The van der Waals surface area contributed by atoms with Gasteiger partial charge in [0, 0.05) is 5.41 Å². The molecule has 1 aliphatic carbocycles. The van der Waals surface area contributed by atoms with E-state index in [0.717, 1.165) is 12.8 Å². The van der Waals surface area contributed by atoms with Crippen molar-refractivity contribution in [1.29, 1.82) is 0 Å². The van der Waals surface area contributed by atoms with Crippen molar-refractivity contribution in [2.24, 2.45) is 0 Å². The zero-order valence-corrected chi connectivity index (χ0v) is 12.8. The maximum Gasteiger partial charge on any atom is 0.0309 e. The van der Waals surface area contributed by atoms with E-state index in [2.05, 4.69) is 73.8 Å². The molecular weight excluding hydrogens is 264 g/mol. The molecule has 3 aromatic carbocycles. The van der Waals surface area contributed by atoms with Crippen LogP contribution in [0.2, 0.25) is 0 Å². The van der Waals surface area contributed by atoms with Crippen molar-refractivity contribution >= 4 is 21.5 Å². The number of fused-ring (bicyclic) bond motifs is 5. The number of aryl methyl sites for hydroxylation is 1. The molecule has 1 aliphatic rings. The first-order chi connectivity index (χ1) is 10.8. The van der Waals surface area contributed by atoms with Crippen LogP contribution in [0, 0.1) is 0 Å². The minimum Gasteiger partial charge on any atom is -0.102 e. The van der Waals surface area contributed by atoms with Gasteiger partial charge in [0.2, 0.25) is 0 Å². The fraction of sp³-hybridized carbons (Fsp3) is 0.182. The summed E-state index contributed by atoms with van der Waals surface area (Å²) in [5.41, 5.74) is 2.81. The molecule has 4 rings (SSSR count). The Bertz CT molecular complexity index is 890. The van der Waals surface area contributed by atoms with Crippen molar-refractivity contribution in [3.05, 3.63) is 85.0 Å². The van der Waals surface area contributed by atoms with Gasteiger partial charge in [-0.3, -0.25) is 0 Å². The van der Waals surface area contributed by atoms with Gasteiger partial charge in [0.1, 0.15) is 0 Å². The lowest BCUT2D eigenvalue weighted by atomic mass is 9.69. The van der Waals surface area contributed by atoms with E-state index in [1.807, 2.05) is 0 Å². The molecule has 0 unspecified atom stereocenters. The Hall–Kier alpha value is -2.34. The standard InChI is InChI=1S/C22H20/c1-3-22(4-2)15-7-10-20-19-12-11-16-8-5-6-9-17(16)18(19)13-14-21(20)22/h3-6,8-9,11-14H,1-2,7,10,15H2. The van der Waals surface area contributed by atoms with E-state index >= 15 is 0 Å². The molecule has 0 saturated heterocycles. The molecule has 0 saturated carbocycles. The summed E-state index contributed by atoms with van der Waals surface area (Å²) in [6.07, 6.45) is 7.60. The van der Waals surface area contributed by atoms with Gasteiger partial charge in [0.05, 0.1) is 0 Å². The lowest BCUT2D eigenvalue weighted by Crippen LogP contribution is -2.26. The third kappa shape index (κ3) is 1.70. The highest BCUT2D eigenvalue weighted by molar-refractivity contribution is 6.08. The second kappa shape index (κ2) is 4.84. The molecule has 108 valence electrons. The summed E-state index contributed by atoms with van der Waals surface area (Å²) in [5, 5.41) is 5.41. The molecule has 3 aromatic rings. The zero-order chi connectivity index (χ0) is 15.2.